The molecule has 1 aromatic heterocycles. The Kier molecular flexibility index (Phi) is 5.05. The average Bonchev–Trinajstić information content (AvgIpc) is 2.84. The number of sulfone groups is 1. The number of nitrogens with one attached hydrogen (secondary N) is 1. The summed E-state index contributed by atoms with van der Waals surface area (Å²) in [6.45, 7) is 1.97. The molecule has 1 unspecified atom stereocenters. The van der Waals surface area contributed by atoms with Gasteiger partial charge in [0.25, 0.3) is 5.91 Å². The number of nitrogens with zero attached hydrogens (tertiary/aromatic N) is 1. The number of hydrogen-bond donors (Lipinski definition) is 1. The van der Waals surface area contributed by atoms with E-state index in [0.29, 0.717) is 9.35 Å². The molecule has 0 saturated carbocycles. The first kappa shape index (κ1) is 16.4. The molecule has 0 bridgehead atoms. The zero-order chi connectivity index (χ0) is 15.6. The predicted molar refractivity (Wildman–Crippen MR) is 84.2 cm³/mol. The fourth-order valence-corrected chi connectivity index (χ4v) is 4.64. The van der Waals surface area contributed by atoms with E-state index in [1.165, 1.54) is 16.2 Å². The van der Waals surface area contributed by atoms with Crippen molar-refractivity contribution < 1.29 is 18.0 Å². The molecular formula is C12H15BrN2O4S2. The van der Waals surface area contributed by atoms with Crippen molar-refractivity contribution in [3.8, 4) is 0 Å². The van der Waals surface area contributed by atoms with Gasteiger partial charge in [-0.05, 0) is 34.3 Å². The van der Waals surface area contributed by atoms with Crippen molar-refractivity contribution in [1.82, 2.24) is 10.2 Å². The third kappa shape index (κ3) is 4.04. The molecule has 1 fully saturated rings. The van der Waals surface area contributed by atoms with E-state index in [2.05, 4.69) is 21.2 Å². The normalized spacial score (nSPS) is 19.0. The van der Waals surface area contributed by atoms with Crippen molar-refractivity contribution in [2.24, 2.45) is 0 Å². The molecule has 1 N–H and O–H groups in total. The van der Waals surface area contributed by atoms with Crippen LogP contribution in [0.4, 0.5) is 0 Å². The summed E-state index contributed by atoms with van der Waals surface area (Å²) >= 11 is 4.55. The molecule has 0 spiro atoms. The van der Waals surface area contributed by atoms with Crippen LogP contribution < -0.4 is 5.32 Å². The van der Waals surface area contributed by atoms with Crippen LogP contribution in [-0.2, 0) is 14.6 Å². The third-order valence-electron chi connectivity index (χ3n) is 3.20. The van der Waals surface area contributed by atoms with Gasteiger partial charge < -0.3 is 10.2 Å². The molecule has 2 rings (SSSR count). The van der Waals surface area contributed by atoms with E-state index in [1.54, 1.807) is 18.4 Å². The second kappa shape index (κ2) is 6.45. The van der Waals surface area contributed by atoms with E-state index in [-0.39, 0.29) is 36.4 Å². The van der Waals surface area contributed by atoms with E-state index in [4.69, 9.17) is 0 Å². The van der Waals surface area contributed by atoms with Crippen molar-refractivity contribution in [3.63, 3.8) is 0 Å². The summed E-state index contributed by atoms with van der Waals surface area (Å²) in [7, 11) is -3.02. The average molecular weight is 395 g/mol. The van der Waals surface area contributed by atoms with Crippen molar-refractivity contribution in [3.05, 3.63) is 20.8 Å². The molecule has 116 valence electrons. The number of carbonyl (C=O) groups is 2. The van der Waals surface area contributed by atoms with E-state index >= 15 is 0 Å². The van der Waals surface area contributed by atoms with Crippen LogP contribution in [0.1, 0.15) is 16.6 Å². The van der Waals surface area contributed by atoms with Gasteiger partial charge in [-0.2, -0.15) is 0 Å². The Morgan fingerprint density at radius 3 is 2.52 bits per heavy atom. The monoisotopic (exact) mass is 394 g/mol. The highest BCUT2D eigenvalue weighted by Crippen LogP contribution is 2.22. The second-order valence-electron chi connectivity index (χ2n) is 4.77. The number of rotatable bonds is 3. The maximum atomic E-state index is 12.2. The quantitative estimate of drug-likeness (QED) is 0.824. The maximum Gasteiger partial charge on any atom is 0.263 e. The number of thiophene rings is 1. The van der Waals surface area contributed by atoms with Crippen LogP contribution in [-0.4, -0.2) is 55.8 Å². The first-order valence-corrected chi connectivity index (χ1v) is 9.82. The van der Waals surface area contributed by atoms with Gasteiger partial charge in [-0.1, -0.05) is 0 Å². The van der Waals surface area contributed by atoms with Gasteiger partial charge in [-0.3, -0.25) is 9.59 Å². The van der Waals surface area contributed by atoms with E-state index in [0.717, 1.165) is 0 Å². The molecule has 2 amide bonds. The number of amides is 2. The van der Waals surface area contributed by atoms with Crippen molar-refractivity contribution in [1.29, 1.82) is 0 Å². The maximum absolute atomic E-state index is 12.2. The highest BCUT2D eigenvalue weighted by atomic mass is 79.9. The fraction of sp³-hybridized carbons (Fsp3) is 0.500. The molecule has 6 nitrogen and oxygen atoms in total. The Labute approximate surface area is 135 Å². The molecule has 1 aliphatic heterocycles. The standard InChI is InChI=1S/C12H15BrN2O4S2/c1-8(14-11(16)10-9(13)2-5-20-10)12(17)15-3-6-21(18,19)7-4-15/h2,5,8H,3-4,6-7H2,1H3,(H,14,16). The van der Waals surface area contributed by atoms with Crippen molar-refractivity contribution in [2.75, 3.05) is 24.6 Å². The summed E-state index contributed by atoms with van der Waals surface area (Å²) in [6, 6.07) is 1.08. The summed E-state index contributed by atoms with van der Waals surface area (Å²) in [4.78, 5) is 26.2. The van der Waals surface area contributed by atoms with Gasteiger partial charge >= 0.3 is 0 Å². The fourth-order valence-electron chi connectivity index (χ4n) is 1.99. The van der Waals surface area contributed by atoms with Crippen LogP contribution in [0.3, 0.4) is 0 Å². The van der Waals surface area contributed by atoms with Crippen LogP contribution in [0.5, 0.6) is 0 Å². The van der Waals surface area contributed by atoms with E-state index in [1.807, 2.05) is 0 Å². The first-order chi connectivity index (χ1) is 9.80. The zero-order valence-electron chi connectivity index (χ0n) is 11.3. The zero-order valence-corrected chi connectivity index (χ0v) is 14.6. The minimum absolute atomic E-state index is 0.0180. The van der Waals surface area contributed by atoms with Crippen LogP contribution in [0.25, 0.3) is 0 Å². The molecule has 0 aromatic carbocycles. The van der Waals surface area contributed by atoms with Crippen molar-refractivity contribution in [2.45, 2.75) is 13.0 Å². The Bertz CT molecular complexity index is 642. The Morgan fingerprint density at radius 2 is 2.00 bits per heavy atom. The molecule has 21 heavy (non-hydrogen) atoms. The lowest BCUT2D eigenvalue weighted by molar-refractivity contribution is -0.132. The summed E-state index contributed by atoms with van der Waals surface area (Å²) in [5.74, 6) is -0.612. The highest BCUT2D eigenvalue weighted by molar-refractivity contribution is 9.10. The number of carbonyl (C=O) groups excluding carboxylic acids is 2. The third-order valence-corrected chi connectivity index (χ3v) is 6.64. The molecule has 1 aromatic rings. The first-order valence-electron chi connectivity index (χ1n) is 6.33. The molecule has 2 heterocycles. The minimum Gasteiger partial charge on any atom is -0.340 e. The summed E-state index contributed by atoms with van der Waals surface area (Å²) < 4.78 is 23.4. The lowest BCUT2D eigenvalue weighted by atomic mass is 10.2. The largest absolute Gasteiger partial charge is 0.340 e. The van der Waals surface area contributed by atoms with Gasteiger partial charge in [0.2, 0.25) is 5.91 Å². The Hall–Kier alpha value is -0.930. The topological polar surface area (TPSA) is 83.6 Å². The summed E-state index contributed by atoms with van der Waals surface area (Å²) in [5.41, 5.74) is 0. The Morgan fingerprint density at radius 1 is 1.38 bits per heavy atom. The van der Waals surface area contributed by atoms with Gasteiger partial charge in [0.05, 0.1) is 11.5 Å². The number of hydrogen-bond acceptors (Lipinski definition) is 5. The van der Waals surface area contributed by atoms with Gasteiger partial charge in [0, 0.05) is 17.6 Å². The van der Waals surface area contributed by atoms with Crippen LogP contribution in [0, 0.1) is 0 Å². The van der Waals surface area contributed by atoms with Crippen LogP contribution in [0.15, 0.2) is 15.9 Å². The summed E-state index contributed by atoms with van der Waals surface area (Å²) in [6.07, 6.45) is 0. The van der Waals surface area contributed by atoms with Gasteiger partial charge in [0.15, 0.2) is 9.84 Å². The SMILES string of the molecule is CC(NC(=O)c1sccc1Br)C(=O)N1CCS(=O)(=O)CC1. The second-order valence-corrected chi connectivity index (χ2v) is 8.84. The molecule has 9 heteroatoms. The van der Waals surface area contributed by atoms with Crippen LogP contribution in [0.2, 0.25) is 0 Å². The minimum atomic E-state index is -3.02. The van der Waals surface area contributed by atoms with Gasteiger partial charge in [0.1, 0.15) is 10.9 Å². The number of halogens is 1. The molecule has 0 radical (unpaired) electrons. The van der Waals surface area contributed by atoms with Crippen molar-refractivity contribution >= 4 is 48.9 Å². The molecule has 1 atom stereocenters. The Balaban J connectivity index is 1.94. The molecule has 0 aliphatic carbocycles. The lowest BCUT2D eigenvalue weighted by Gasteiger charge is -2.29. The van der Waals surface area contributed by atoms with Gasteiger partial charge in [-0.15, -0.1) is 11.3 Å². The lowest BCUT2D eigenvalue weighted by Crippen LogP contribution is -2.51. The van der Waals surface area contributed by atoms with Gasteiger partial charge in [-0.25, -0.2) is 8.42 Å². The smallest absolute Gasteiger partial charge is 0.263 e. The van der Waals surface area contributed by atoms with E-state index in [9.17, 15) is 18.0 Å². The summed E-state index contributed by atoms with van der Waals surface area (Å²) in [5, 5.41) is 4.42. The molecular weight excluding hydrogens is 380 g/mol. The van der Waals surface area contributed by atoms with Crippen LogP contribution >= 0.6 is 27.3 Å². The predicted octanol–water partition coefficient (Wildman–Crippen LogP) is 0.886. The molecule has 1 saturated heterocycles. The molecule has 1 aliphatic rings. The van der Waals surface area contributed by atoms with E-state index < -0.39 is 15.9 Å². The highest BCUT2D eigenvalue weighted by Gasteiger charge is 2.28.